The molecule has 0 saturated heterocycles. The van der Waals surface area contributed by atoms with Gasteiger partial charge in [-0.2, -0.15) is 5.26 Å². The van der Waals surface area contributed by atoms with Crippen LogP contribution in [-0.2, 0) is 12.4 Å². The van der Waals surface area contributed by atoms with Crippen LogP contribution in [0.15, 0.2) is 58.2 Å². The topological polar surface area (TPSA) is 81.2 Å². The molecule has 0 aliphatic heterocycles. The highest BCUT2D eigenvalue weighted by Gasteiger charge is 2.09. The predicted molar refractivity (Wildman–Crippen MR) is 92.3 cm³/mol. The third-order valence-corrected chi connectivity index (χ3v) is 4.23. The fourth-order valence-corrected chi connectivity index (χ4v) is 2.85. The summed E-state index contributed by atoms with van der Waals surface area (Å²) in [6, 6.07) is 16.9. The molecule has 0 aliphatic rings. The summed E-state index contributed by atoms with van der Waals surface area (Å²) in [5.41, 5.74) is 1.59. The van der Waals surface area contributed by atoms with E-state index < -0.39 is 0 Å². The average molecular weight is 353 g/mol. The second-order valence-corrected chi connectivity index (χ2v) is 5.91. The standard InChI is InChI=1S/C18H15N3O3S/c1-22-15-6-8-16(9-7-15)23-11-17-20-21-18(24-17)25-12-14-5-3-2-4-13(14)10-19/h2-9H,11-12H2,1H3. The first-order chi connectivity index (χ1) is 12.3. The van der Waals surface area contributed by atoms with Crippen LogP contribution in [0, 0.1) is 11.3 Å². The number of nitriles is 1. The number of nitrogens with zero attached hydrogens (tertiary/aromatic N) is 3. The lowest BCUT2D eigenvalue weighted by atomic mass is 10.1. The van der Waals surface area contributed by atoms with Gasteiger partial charge in [0.15, 0.2) is 6.61 Å². The molecule has 0 radical (unpaired) electrons. The van der Waals surface area contributed by atoms with Crippen LogP contribution < -0.4 is 9.47 Å². The molecule has 2 aromatic carbocycles. The Kier molecular flexibility index (Phi) is 5.54. The molecule has 1 heterocycles. The molecule has 1 aromatic heterocycles. The van der Waals surface area contributed by atoms with E-state index in [1.165, 1.54) is 11.8 Å². The van der Waals surface area contributed by atoms with E-state index in [2.05, 4.69) is 16.3 Å². The number of benzene rings is 2. The summed E-state index contributed by atoms with van der Waals surface area (Å²) in [7, 11) is 1.61. The second-order valence-electron chi connectivity index (χ2n) is 4.98. The minimum absolute atomic E-state index is 0.189. The zero-order valence-corrected chi connectivity index (χ0v) is 14.3. The molecule has 3 rings (SSSR count). The Labute approximate surface area is 149 Å². The summed E-state index contributed by atoms with van der Waals surface area (Å²) in [4.78, 5) is 0. The molecule has 0 amide bonds. The summed E-state index contributed by atoms with van der Waals surface area (Å²) in [5.74, 6) is 2.44. The largest absolute Gasteiger partial charge is 0.497 e. The van der Waals surface area contributed by atoms with Gasteiger partial charge < -0.3 is 13.9 Å². The highest BCUT2D eigenvalue weighted by Crippen LogP contribution is 2.24. The zero-order chi connectivity index (χ0) is 17.5. The molecule has 0 aliphatic carbocycles. The molecule has 3 aromatic rings. The Bertz CT molecular complexity index is 872. The zero-order valence-electron chi connectivity index (χ0n) is 13.5. The van der Waals surface area contributed by atoms with Gasteiger partial charge in [-0.05, 0) is 35.9 Å². The number of aromatic nitrogens is 2. The maximum atomic E-state index is 9.10. The van der Waals surface area contributed by atoms with Gasteiger partial charge in [0.1, 0.15) is 11.5 Å². The van der Waals surface area contributed by atoms with Crippen LogP contribution in [0.2, 0.25) is 0 Å². The molecular formula is C18H15N3O3S. The van der Waals surface area contributed by atoms with Gasteiger partial charge in [0.2, 0.25) is 0 Å². The smallest absolute Gasteiger partial charge is 0.277 e. The maximum absolute atomic E-state index is 9.10. The van der Waals surface area contributed by atoms with Crippen LogP contribution >= 0.6 is 11.8 Å². The number of methoxy groups -OCH3 is 1. The highest BCUT2D eigenvalue weighted by molar-refractivity contribution is 7.98. The second kappa shape index (κ2) is 8.22. The minimum atomic E-state index is 0.189. The number of rotatable bonds is 7. The molecule has 126 valence electrons. The monoisotopic (exact) mass is 353 g/mol. The fraction of sp³-hybridized carbons (Fsp3) is 0.167. The summed E-state index contributed by atoms with van der Waals surface area (Å²) in [6.45, 7) is 0.189. The summed E-state index contributed by atoms with van der Waals surface area (Å²) in [5, 5.41) is 17.5. The average Bonchev–Trinajstić information content (AvgIpc) is 3.13. The summed E-state index contributed by atoms with van der Waals surface area (Å²) >= 11 is 1.39. The van der Waals surface area contributed by atoms with Crippen molar-refractivity contribution in [1.29, 1.82) is 5.26 Å². The van der Waals surface area contributed by atoms with E-state index in [1.807, 2.05) is 42.5 Å². The maximum Gasteiger partial charge on any atom is 0.277 e. The van der Waals surface area contributed by atoms with Crippen molar-refractivity contribution in [3.05, 3.63) is 65.5 Å². The molecule has 0 bridgehead atoms. The van der Waals surface area contributed by atoms with Crippen molar-refractivity contribution < 1.29 is 13.9 Å². The molecule has 0 N–H and O–H groups in total. The predicted octanol–water partition coefficient (Wildman–Crippen LogP) is 3.82. The number of thioether (sulfide) groups is 1. The lowest BCUT2D eigenvalue weighted by molar-refractivity contribution is 0.252. The van der Waals surface area contributed by atoms with Crippen LogP contribution in [0.1, 0.15) is 17.0 Å². The molecule has 0 spiro atoms. The van der Waals surface area contributed by atoms with Crippen molar-refractivity contribution in [2.24, 2.45) is 0 Å². The van der Waals surface area contributed by atoms with E-state index in [0.29, 0.717) is 28.2 Å². The first-order valence-electron chi connectivity index (χ1n) is 7.48. The number of ether oxygens (including phenoxy) is 2. The van der Waals surface area contributed by atoms with Gasteiger partial charge in [-0.25, -0.2) is 0 Å². The molecule has 7 heteroatoms. The van der Waals surface area contributed by atoms with E-state index in [9.17, 15) is 0 Å². The minimum Gasteiger partial charge on any atom is -0.497 e. The Hall–Kier alpha value is -2.98. The molecule has 0 fully saturated rings. The van der Waals surface area contributed by atoms with Gasteiger partial charge >= 0.3 is 0 Å². The van der Waals surface area contributed by atoms with E-state index in [0.717, 1.165) is 11.3 Å². The number of hydrogen-bond donors (Lipinski definition) is 0. The van der Waals surface area contributed by atoms with Crippen molar-refractivity contribution in [3.63, 3.8) is 0 Å². The van der Waals surface area contributed by atoms with Gasteiger partial charge in [0.25, 0.3) is 11.1 Å². The van der Waals surface area contributed by atoms with Crippen LogP contribution in [0.25, 0.3) is 0 Å². The Morgan fingerprint density at radius 3 is 2.60 bits per heavy atom. The van der Waals surface area contributed by atoms with Crippen molar-refractivity contribution >= 4 is 11.8 Å². The van der Waals surface area contributed by atoms with E-state index in [4.69, 9.17) is 19.2 Å². The van der Waals surface area contributed by atoms with Crippen LogP contribution in [0.3, 0.4) is 0 Å². The molecular weight excluding hydrogens is 338 g/mol. The molecule has 0 atom stereocenters. The van der Waals surface area contributed by atoms with E-state index in [1.54, 1.807) is 13.2 Å². The van der Waals surface area contributed by atoms with Crippen LogP contribution in [0.4, 0.5) is 0 Å². The van der Waals surface area contributed by atoms with Gasteiger partial charge in [-0.3, -0.25) is 0 Å². The lowest BCUT2D eigenvalue weighted by Crippen LogP contribution is -1.95. The number of hydrogen-bond acceptors (Lipinski definition) is 7. The van der Waals surface area contributed by atoms with Gasteiger partial charge in [0, 0.05) is 5.75 Å². The van der Waals surface area contributed by atoms with Gasteiger partial charge in [0.05, 0.1) is 18.7 Å². The summed E-state index contributed by atoms with van der Waals surface area (Å²) in [6.07, 6.45) is 0. The first kappa shape index (κ1) is 16.9. The van der Waals surface area contributed by atoms with Crippen molar-refractivity contribution in [1.82, 2.24) is 10.2 Å². The third-order valence-electron chi connectivity index (χ3n) is 3.36. The molecule has 25 heavy (non-hydrogen) atoms. The van der Waals surface area contributed by atoms with Crippen molar-refractivity contribution in [2.45, 2.75) is 17.6 Å². The fourth-order valence-electron chi connectivity index (χ4n) is 2.07. The van der Waals surface area contributed by atoms with Gasteiger partial charge in [-0.1, -0.05) is 30.0 Å². The summed E-state index contributed by atoms with van der Waals surface area (Å²) < 4.78 is 16.2. The van der Waals surface area contributed by atoms with Crippen molar-refractivity contribution in [3.8, 4) is 17.6 Å². The molecule has 0 unspecified atom stereocenters. The Morgan fingerprint density at radius 2 is 1.84 bits per heavy atom. The van der Waals surface area contributed by atoms with Crippen molar-refractivity contribution in [2.75, 3.05) is 7.11 Å². The quantitative estimate of drug-likeness (QED) is 0.597. The van der Waals surface area contributed by atoms with E-state index in [-0.39, 0.29) is 6.61 Å². The van der Waals surface area contributed by atoms with E-state index >= 15 is 0 Å². The van der Waals surface area contributed by atoms with Gasteiger partial charge in [-0.15, -0.1) is 10.2 Å². The Morgan fingerprint density at radius 1 is 1.08 bits per heavy atom. The normalized spacial score (nSPS) is 10.2. The molecule has 6 nitrogen and oxygen atoms in total. The lowest BCUT2D eigenvalue weighted by Gasteiger charge is -2.04. The van der Waals surface area contributed by atoms with Crippen LogP contribution in [-0.4, -0.2) is 17.3 Å². The first-order valence-corrected chi connectivity index (χ1v) is 8.47. The highest BCUT2D eigenvalue weighted by atomic mass is 32.2. The van der Waals surface area contributed by atoms with Crippen LogP contribution in [0.5, 0.6) is 11.5 Å². The SMILES string of the molecule is COc1ccc(OCc2nnc(SCc3ccccc3C#N)o2)cc1. The third kappa shape index (κ3) is 4.52. The Balaban J connectivity index is 1.54. The molecule has 0 saturated carbocycles.